The predicted molar refractivity (Wildman–Crippen MR) is 130 cm³/mol. The normalized spacial score (nSPS) is 12.9. The van der Waals surface area contributed by atoms with Crippen molar-refractivity contribution in [3.05, 3.63) is 86.4 Å². The van der Waals surface area contributed by atoms with Crippen LogP contribution in [-0.2, 0) is 35.5 Å². The number of hydrazine groups is 1. The minimum Gasteiger partial charge on any atom is -0.489 e. The standard InChI is InChI=1S/C22H16F3N3O4.C3H4N2O2/c1-2-9-27-11-15(12-28-20(29)26-21(30)32-28)18-10-17(7-8-19(18)27)31-13-14-3-5-16(6-4-14)22(23,24)25;6-2-1-3(7)5-4-2/h1,3-8,10-11H,9,12-13H2,(H,26,29,30);1H2,(H,4,6)(H,5,7). The van der Waals surface area contributed by atoms with E-state index in [0.717, 1.165) is 27.8 Å². The van der Waals surface area contributed by atoms with Gasteiger partial charge < -0.3 is 13.8 Å². The van der Waals surface area contributed by atoms with E-state index in [1.165, 1.54) is 12.1 Å². The lowest BCUT2D eigenvalue weighted by atomic mass is 10.1. The summed E-state index contributed by atoms with van der Waals surface area (Å²) in [5.41, 5.74) is 4.88. The Kier molecular flexibility index (Phi) is 7.61. The fraction of sp³-hybridized carbons (Fsp3) is 0.200. The van der Waals surface area contributed by atoms with Gasteiger partial charge in [0, 0.05) is 22.7 Å². The number of fused-ring (bicyclic) bond motifs is 1. The zero-order chi connectivity index (χ0) is 28.2. The number of nitrogens with one attached hydrogen (secondary N) is 3. The van der Waals surface area contributed by atoms with E-state index in [1.54, 1.807) is 29.0 Å². The molecule has 3 heterocycles. The Morgan fingerprint density at radius 1 is 1.03 bits per heavy atom. The number of alkyl halides is 3. The monoisotopic (exact) mass is 543 g/mol. The number of ether oxygens (including phenoxy) is 1. The molecule has 0 aliphatic carbocycles. The van der Waals surface area contributed by atoms with Crippen LogP contribution in [0.25, 0.3) is 10.9 Å². The van der Waals surface area contributed by atoms with Gasteiger partial charge >= 0.3 is 17.6 Å². The van der Waals surface area contributed by atoms with Crippen molar-refractivity contribution in [1.82, 2.24) is 25.1 Å². The molecule has 0 spiro atoms. The number of halogens is 3. The van der Waals surface area contributed by atoms with E-state index in [-0.39, 0.29) is 37.9 Å². The summed E-state index contributed by atoms with van der Waals surface area (Å²) in [6, 6.07) is 9.95. The van der Waals surface area contributed by atoms with Crippen LogP contribution in [0.4, 0.5) is 13.2 Å². The van der Waals surface area contributed by atoms with Gasteiger partial charge in [0.05, 0.1) is 18.7 Å². The molecule has 5 rings (SSSR count). The molecule has 2 aromatic carbocycles. The van der Waals surface area contributed by atoms with Crippen molar-refractivity contribution >= 4 is 22.7 Å². The first-order valence-electron chi connectivity index (χ1n) is 11.3. The Hall–Kier alpha value is -5.19. The Balaban J connectivity index is 0.000000438. The number of hydrogen-bond acceptors (Lipinski definition) is 6. The third kappa shape index (κ3) is 6.58. The number of carbonyl (C=O) groups is 2. The largest absolute Gasteiger partial charge is 0.489 e. The lowest BCUT2D eigenvalue weighted by Crippen LogP contribution is -2.28. The molecule has 0 radical (unpaired) electrons. The van der Waals surface area contributed by atoms with Crippen molar-refractivity contribution in [2.24, 2.45) is 0 Å². The van der Waals surface area contributed by atoms with Gasteiger partial charge in [0.1, 0.15) is 18.8 Å². The molecule has 4 aromatic rings. The zero-order valence-electron chi connectivity index (χ0n) is 20.0. The summed E-state index contributed by atoms with van der Waals surface area (Å²) in [5, 5.41) is 0.723. The summed E-state index contributed by atoms with van der Waals surface area (Å²) in [4.78, 5) is 45.2. The molecule has 11 nitrogen and oxygen atoms in total. The second-order valence-electron chi connectivity index (χ2n) is 8.27. The van der Waals surface area contributed by atoms with Gasteiger partial charge in [-0.15, -0.1) is 11.2 Å². The second kappa shape index (κ2) is 11.1. The molecule has 2 amide bonds. The number of nitrogens with zero attached hydrogens (tertiary/aromatic N) is 2. The van der Waals surface area contributed by atoms with E-state index in [1.807, 2.05) is 4.98 Å². The molecule has 1 fully saturated rings. The molecule has 0 saturated carbocycles. The highest BCUT2D eigenvalue weighted by Crippen LogP contribution is 2.30. The molecule has 202 valence electrons. The molecule has 39 heavy (non-hydrogen) atoms. The van der Waals surface area contributed by atoms with Crippen molar-refractivity contribution in [3.8, 4) is 18.1 Å². The first-order chi connectivity index (χ1) is 18.5. The predicted octanol–water partition coefficient (Wildman–Crippen LogP) is 1.90. The van der Waals surface area contributed by atoms with Crippen LogP contribution in [0.5, 0.6) is 5.75 Å². The van der Waals surface area contributed by atoms with Crippen LogP contribution in [0, 0.1) is 12.3 Å². The summed E-state index contributed by atoms with van der Waals surface area (Å²) >= 11 is 0. The third-order valence-electron chi connectivity index (χ3n) is 5.49. The second-order valence-corrected chi connectivity index (χ2v) is 8.27. The quantitative estimate of drug-likeness (QED) is 0.251. The van der Waals surface area contributed by atoms with E-state index < -0.39 is 23.2 Å². The van der Waals surface area contributed by atoms with Crippen molar-refractivity contribution in [2.45, 2.75) is 32.3 Å². The first kappa shape index (κ1) is 26.9. The number of rotatable bonds is 6. The van der Waals surface area contributed by atoms with E-state index in [0.29, 0.717) is 16.9 Å². The molecular formula is C25H20F3N5O6. The third-order valence-corrected chi connectivity index (χ3v) is 5.49. The number of terminal acetylenes is 1. The maximum atomic E-state index is 12.7. The van der Waals surface area contributed by atoms with Crippen LogP contribution in [-0.4, -0.2) is 26.1 Å². The summed E-state index contributed by atoms with van der Waals surface area (Å²) in [7, 11) is 0. The average molecular weight is 543 g/mol. The van der Waals surface area contributed by atoms with E-state index >= 15 is 0 Å². The molecule has 3 N–H and O–H groups in total. The number of benzene rings is 2. The molecule has 0 unspecified atom stereocenters. The van der Waals surface area contributed by atoms with Crippen LogP contribution in [0.15, 0.2) is 62.8 Å². The maximum absolute atomic E-state index is 12.7. The fourth-order valence-electron chi connectivity index (χ4n) is 3.70. The van der Waals surface area contributed by atoms with Gasteiger partial charge in [-0.1, -0.05) is 18.1 Å². The van der Waals surface area contributed by atoms with Crippen LogP contribution in [0.1, 0.15) is 23.1 Å². The number of aromatic amines is 1. The Morgan fingerprint density at radius 2 is 1.72 bits per heavy atom. The van der Waals surface area contributed by atoms with Gasteiger partial charge in [-0.05, 0) is 35.9 Å². The Bertz CT molecular complexity index is 1660. The highest BCUT2D eigenvalue weighted by molar-refractivity contribution is 6.01. The molecule has 0 atom stereocenters. The van der Waals surface area contributed by atoms with Crippen molar-refractivity contribution in [1.29, 1.82) is 0 Å². The molecular weight excluding hydrogens is 523 g/mol. The highest BCUT2D eigenvalue weighted by atomic mass is 19.4. The van der Waals surface area contributed by atoms with Gasteiger partial charge in [-0.2, -0.15) is 13.2 Å². The lowest BCUT2D eigenvalue weighted by molar-refractivity contribution is -0.137. The zero-order valence-corrected chi connectivity index (χ0v) is 20.0. The number of hydrogen-bond donors (Lipinski definition) is 3. The highest BCUT2D eigenvalue weighted by Gasteiger charge is 2.29. The minimum atomic E-state index is -4.40. The summed E-state index contributed by atoms with van der Waals surface area (Å²) in [6.45, 7) is 0.346. The van der Waals surface area contributed by atoms with Gasteiger partial charge in [-0.25, -0.2) is 14.6 Å². The molecule has 1 saturated heterocycles. The minimum absolute atomic E-state index is 0.00595. The van der Waals surface area contributed by atoms with Crippen LogP contribution in [0.3, 0.4) is 0 Å². The SMILES string of the molecule is C#CCn1cc(Cn2oc(=O)[nH]c2=O)c2cc(OCc3ccc(C(F)(F)F)cc3)ccc21.O=C1CC(=O)NN1. The van der Waals surface area contributed by atoms with E-state index in [2.05, 4.69) is 16.8 Å². The number of amides is 2. The number of carbonyl (C=O) groups excluding carboxylic acids is 2. The van der Waals surface area contributed by atoms with Gasteiger partial charge in [0.2, 0.25) is 11.8 Å². The molecule has 14 heteroatoms. The molecule has 1 aliphatic heterocycles. The topological polar surface area (TPSA) is 140 Å². The molecule has 0 bridgehead atoms. The average Bonchev–Trinajstić information content (AvgIpc) is 3.54. The Morgan fingerprint density at radius 3 is 2.26 bits per heavy atom. The molecule has 1 aliphatic rings. The van der Waals surface area contributed by atoms with Gasteiger partial charge in [0.25, 0.3) is 0 Å². The van der Waals surface area contributed by atoms with E-state index in [4.69, 9.17) is 15.7 Å². The Labute approximate surface area is 217 Å². The summed E-state index contributed by atoms with van der Waals surface area (Å²) in [6.07, 6.45) is 2.76. The maximum Gasteiger partial charge on any atom is 0.440 e. The van der Waals surface area contributed by atoms with E-state index in [9.17, 15) is 32.3 Å². The first-order valence-corrected chi connectivity index (χ1v) is 11.3. The van der Waals surface area contributed by atoms with Crippen LogP contribution < -0.4 is 27.0 Å². The van der Waals surface area contributed by atoms with Crippen molar-refractivity contribution in [2.75, 3.05) is 0 Å². The van der Waals surface area contributed by atoms with Crippen LogP contribution >= 0.6 is 0 Å². The van der Waals surface area contributed by atoms with Gasteiger partial charge in [-0.3, -0.25) is 20.4 Å². The lowest BCUT2D eigenvalue weighted by Gasteiger charge is -2.10. The fourth-order valence-corrected chi connectivity index (χ4v) is 3.70. The van der Waals surface area contributed by atoms with Crippen molar-refractivity contribution in [3.63, 3.8) is 0 Å². The summed E-state index contributed by atoms with van der Waals surface area (Å²) in [5.74, 6) is 1.64. The van der Waals surface area contributed by atoms with Gasteiger partial charge in [0.15, 0.2) is 0 Å². The number of aromatic nitrogens is 3. The van der Waals surface area contributed by atoms with Crippen molar-refractivity contribution < 1.29 is 32.0 Å². The smallest absolute Gasteiger partial charge is 0.440 e. The molecule has 2 aromatic heterocycles. The van der Waals surface area contributed by atoms with Crippen LogP contribution in [0.2, 0.25) is 0 Å². The summed E-state index contributed by atoms with van der Waals surface area (Å²) < 4.78 is 51.4. The number of H-pyrrole nitrogens is 1.